The summed E-state index contributed by atoms with van der Waals surface area (Å²) < 4.78 is 13.0. The van der Waals surface area contributed by atoms with Crippen LogP contribution in [-0.2, 0) is 0 Å². The molecular weight excluding hydrogens is 235 g/mol. The highest BCUT2D eigenvalue weighted by Crippen LogP contribution is 2.24. The van der Waals surface area contributed by atoms with Crippen molar-refractivity contribution in [3.05, 3.63) is 59.4 Å². The van der Waals surface area contributed by atoms with Crippen molar-refractivity contribution in [3.8, 4) is 11.1 Å². The summed E-state index contributed by atoms with van der Waals surface area (Å²) >= 11 is 0. The fraction of sp³-hybridized carbons (Fsp3) is 0. The third kappa shape index (κ3) is 2.27. The third-order valence-corrected chi connectivity index (χ3v) is 2.56. The molecule has 0 spiro atoms. The summed E-state index contributed by atoms with van der Waals surface area (Å²) in [7, 11) is 0. The zero-order valence-corrected chi connectivity index (χ0v) is 9.26. The molecular formula is C14H9FO3. The van der Waals surface area contributed by atoms with Crippen LogP contribution in [0, 0.1) is 5.82 Å². The largest absolute Gasteiger partial charge is 0.478 e. The molecule has 90 valence electrons. The molecule has 1 N–H and O–H groups in total. The van der Waals surface area contributed by atoms with Crippen LogP contribution in [0.15, 0.2) is 42.5 Å². The average Bonchev–Trinajstić information content (AvgIpc) is 2.38. The Morgan fingerprint density at radius 1 is 1.17 bits per heavy atom. The summed E-state index contributed by atoms with van der Waals surface area (Å²) in [6.07, 6.45) is 0.547. The number of carbonyl (C=O) groups excluding carboxylic acids is 1. The average molecular weight is 244 g/mol. The van der Waals surface area contributed by atoms with Crippen LogP contribution >= 0.6 is 0 Å². The molecule has 0 aromatic heterocycles. The van der Waals surface area contributed by atoms with Crippen LogP contribution in [0.3, 0.4) is 0 Å². The van der Waals surface area contributed by atoms with E-state index in [-0.39, 0.29) is 11.1 Å². The van der Waals surface area contributed by atoms with Crippen molar-refractivity contribution in [1.82, 2.24) is 0 Å². The van der Waals surface area contributed by atoms with Gasteiger partial charge in [-0.2, -0.15) is 0 Å². The van der Waals surface area contributed by atoms with Gasteiger partial charge in [-0.1, -0.05) is 18.2 Å². The molecule has 0 aliphatic carbocycles. The molecule has 4 heteroatoms. The minimum atomic E-state index is -1.05. The Kier molecular flexibility index (Phi) is 3.19. The maximum Gasteiger partial charge on any atom is 0.335 e. The lowest BCUT2D eigenvalue weighted by Crippen LogP contribution is -1.96. The number of hydrogen-bond acceptors (Lipinski definition) is 2. The minimum absolute atomic E-state index is 0.119. The van der Waals surface area contributed by atoms with E-state index >= 15 is 0 Å². The molecule has 0 radical (unpaired) electrons. The monoisotopic (exact) mass is 244 g/mol. The lowest BCUT2D eigenvalue weighted by Gasteiger charge is -2.06. The molecule has 0 aliphatic heterocycles. The summed E-state index contributed by atoms with van der Waals surface area (Å²) in [5.41, 5.74) is 1.39. The van der Waals surface area contributed by atoms with E-state index in [2.05, 4.69) is 0 Å². The number of hydrogen-bond donors (Lipinski definition) is 1. The van der Waals surface area contributed by atoms with Gasteiger partial charge in [0.2, 0.25) is 0 Å². The first kappa shape index (κ1) is 12.0. The molecule has 0 bridgehead atoms. The van der Waals surface area contributed by atoms with Crippen molar-refractivity contribution in [2.75, 3.05) is 0 Å². The predicted octanol–water partition coefficient (Wildman–Crippen LogP) is 3.00. The Bertz CT molecular complexity index is 620. The zero-order chi connectivity index (χ0) is 13.1. The quantitative estimate of drug-likeness (QED) is 0.844. The molecule has 18 heavy (non-hydrogen) atoms. The first-order chi connectivity index (χ1) is 8.61. The van der Waals surface area contributed by atoms with Crippen LogP contribution in [0.4, 0.5) is 4.39 Å². The number of carbonyl (C=O) groups is 2. The van der Waals surface area contributed by atoms with Gasteiger partial charge in [0.15, 0.2) is 6.29 Å². The van der Waals surface area contributed by atoms with E-state index < -0.39 is 11.8 Å². The van der Waals surface area contributed by atoms with Gasteiger partial charge >= 0.3 is 5.97 Å². The maximum atomic E-state index is 13.0. The predicted molar refractivity (Wildman–Crippen MR) is 64.2 cm³/mol. The first-order valence-corrected chi connectivity index (χ1v) is 5.20. The number of halogens is 1. The van der Waals surface area contributed by atoms with Gasteiger partial charge in [0, 0.05) is 5.56 Å². The topological polar surface area (TPSA) is 54.4 Å². The number of rotatable bonds is 3. The van der Waals surface area contributed by atoms with Crippen molar-refractivity contribution < 1.29 is 19.1 Å². The number of benzene rings is 2. The van der Waals surface area contributed by atoms with Gasteiger partial charge in [-0.05, 0) is 35.4 Å². The van der Waals surface area contributed by atoms with E-state index in [1.807, 2.05) is 0 Å². The smallest absolute Gasteiger partial charge is 0.335 e. The maximum absolute atomic E-state index is 13.0. The van der Waals surface area contributed by atoms with Gasteiger partial charge < -0.3 is 5.11 Å². The Morgan fingerprint density at radius 3 is 2.61 bits per heavy atom. The van der Waals surface area contributed by atoms with E-state index in [9.17, 15) is 14.0 Å². The standard InChI is InChI=1S/C14H9FO3/c15-12-4-5-13(11(7-12)8-16)9-2-1-3-10(6-9)14(17)18/h1-8H,(H,17,18). The molecule has 0 aliphatic rings. The second-order valence-corrected chi connectivity index (χ2v) is 3.74. The van der Waals surface area contributed by atoms with Gasteiger partial charge in [-0.3, -0.25) is 4.79 Å². The molecule has 0 unspecified atom stereocenters. The van der Waals surface area contributed by atoms with Crippen molar-refractivity contribution >= 4 is 12.3 Å². The van der Waals surface area contributed by atoms with E-state index in [1.165, 1.54) is 24.3 Å². The number of carboxylic acid groups (broad SMARTS) is 1. The number of aldehydes is 1. The SMILES string of the molecule is O=Cc1cc(F)ccc1-c1cccc(C(=O)O)c1. The van der Waals surface area contributed by atoms with Crippen LogP contribution in [0.2, 0.25) is 0 Å². The van der Waals surface area contributed by atoms with Crippen molar-refractivity contribution in [2.24, 2.45) is 0 Å². The van der Waals surface area contributed by atoms with Gasteiger partial charge in [0.05, 0.1) is 5.56 Å². The van der Waals surface area contributed by atoms with E-state index in [0.717, 1.165) is 6.07 Å². The lowest BCUT2D eigenvalue weighted by atomic mass is 9.98. The van der Waals surface area contributed by atoms with Crippen molar-refractivity contribution in [3.63, 3.8) is 0 Å². The number of aromatic carboxylic acids is 1. The summed E-state index contributed by atoms with van der Waals surface area (Å²) in [4.78, 5) is 21.8. The zero-order valence-electron chi connectivity index (χ0n) is 9.26. The normalized spacial score (nSPS) is 10.1. The molecule has 2 rings (SSSR count). The fourth-order valence-electron chi connectivity index (χ4n) is 1.71. The van der Waals surface area contributed by atoms with Crippen LogP contribution < -0.4 is 0 Å². The Labute approximate surface area is 103 Å². The van der Waals surface area contributed by atoms with Crippen LogP contribution in [0.1, 0.15) is 20.7 Å². The molecule has 2 aromatic carbocycles. The van der Waals surface area contributed by atoms with Crippen LogP contribution in [0.25, 0.3) is 11.1 Å². The lowest BCUT2D eigenvalue weighted by molar-refractivity contribution is 0.0697. The molecule has 3 nitrogen and oxygen atoms in total. The molecule has 2 aromatic rings. The van der Waals surface area contributed by atoms with Gasteiger partial charge in [-0.15, -0.1) is 0 Å². The highest BCUT2D eigenvalue weighted by atomic mass is 19.1. The summed E-state index contributed by atoms with van der Waals surface area (Å²) in [5.74, 6) is -1.55. The summed E-state index contributed by atoms with van der Waals surface area (Å²) in [5, 5.41) is 8.90. The molecule has 0 saturated heterocycles. The van der Waals surface area contributed by atoms with Crippen molar-refractivity contribution in [1.29, 1.82) is 0 Å². The van der Waals surface area contributed by atoms with E-state index in [4.69, 9.17) is 5.11 Å². The highest BCUT2D eigenvalue weighted by Gasteiger charge is 2.09. The number of carboxylic acids is 1. The Hall–Kier alpha value is -2.49. The molecule has 0 amide bonds. The summed E-state index contributed by atoms with van der Waals surface area (Å²) in [6.45, 7) is 0. The summed E-state index contributed by atoms with van der Waals surface area (Å²) in [6, 6.07) is 9.97. The van der Waals surface area contributed by atoms with E-state index in [1.54, 1.807) is 12.1 Å². The van der Waals surface area contributed by atoms with Gasteiger partial charge in [0.1, 0.15) is 5.82 Å². The van der Waals surface area contributed by atoms with Crippen LogP contribution in [-0.4, -0.2) is 17.4 Å². The Balaban J connectivity index is 2.58. The molecule has 0 atom stereocenters. The van der Waals surface area contributed by atoms with Crippen molar-refractivity contribution in [2.45, 2.75) is 0 Å². The molecule has 0 heterocycles. The molecule has 0 saturated carbocycles. The Morgan fingerprint density at radius 2 is 1.94 bits per heavy atom. The second-order valence-electron chi connectivity index (χ2n) is 3.74. The fourth-order valence-corrected chi connectivity index (χ4v) is 1.71. The highest BCUT2D eigenvalue weighted by molar-refractivity contribution is 5.92. The van der Waals surface area contributed by atoms with E-state index in [0.29, 0.717) is 17.4 Å². The second kappa shape index (κ2) is 4.79. The first-order valence-electron chi connectivity index (χ1n) is 5.20. The minimum Gasteiger partial charge on any atom is -0.478 e. The van der Waals surface area contributed by atoms with Gasteiger partial charge in [0.25, 0.3) is 0 Å². The molecule has 0 fully saturated rings. The van der Waals surface area contributed by atoms with Crippen LogP contribution in [0.5, 0.6) is 0 Å². The third-order valence-electron chi connectivity index (χ3n) is 2.56. The van der Waals surface area contributed by atoms with Gasteiger partial charge in [-0.25, -0.2) is 9.18 Å².